The molecule has 1 aliphatic rings. The molecule has 1 saturated heterocycles. The van der Waals surface area contributed by atoms with Gasteiger partial charge in [0.1, 0.15) is 37.7 Å². The maximum Gasteiger partial charge on any atom is 0.127 e. The first-order chi connectivity index (χ1) is 8.88. The Kier molecular flexibility index (Phi) is 5.30. The number of hydrogen-bond donors (Lipinski definition) is 2. The lowest BCUT2D eigenvalue weighted by Crippen LogP contribution is -3.20. The quantitative estimate of drug-likeness (QED) is 0.633. The average Bonchev–Trinajstić information content (AvgIpc) is 2.45. The molecule has 0 radical (unpaired) electrons. The standard InChI is InChI=1S/C14H22N2O2/c1-17-13-4-2-5-14(12-13)18-11-3-8-16-9-6-15-7-10-16/h2,4-5,12,15H,3,6-11H2,1H3/p+2. The van der Waals surface area contributed by atoms with Crippen LogP contribution in [0.4, 0.5) is 0 Å². The van der Waals surface area contributed by atoms with Crippen molar-refractivity contribution < 1.29 is 19.7 Å². The van der Waals surface area contributed by atoms with E-state index in [1.165, 1.54) is 32.7 Å². The molecule has 1 fully saturated rings. The van der Waals surface area contributed by atoms with Crippen molar-refractivity contribution in [2.75, 3.05) is 46.4 Å². The number of nitrogens with one attached hydrogen (secondary N) is 1. The van der Waals surface area contributed by atoms with Crippen molar-refractivity contribution in [2.24, 2.45) is 0 Å². The number of ether oxygens (including phenoxy) is 2. The molecular formula is C14H24N2O2+2. The molecule has 1 aliphatic heterocycles. The third-order valence-corrected chi connectivity index (χ3v) is 3.39. The Morgan fingerprint density at radius 1 is 1.22 bits per heavy atom. The summed E-state index contributed by atoms with van der Waals surface area (Å²) in [7, 11) is 1.68. The van der Waals surface area contributed by atoms with Gasteiger partial charge in [0.15, 0.2) is 0 Å². The molecule has 0 amide bonds. The molecule has 3 N–H and O–H groups in total. The first-order valence-corrected chi connectivity index (χ1v) is 6.80. The summed E-state index contributed by atoms with van der Waals surface area (Å²) >= 11 is 0. The van der Waals surface area contributed by atoms with E-state index in [-0.39, 0.29) is 0 Å². The van der Waals surface area contributed by atoms with Crippen molar-refractivity contribution in [1.29, 1.82) is 0 Å². The normalized spacial score (nSPS) is 16.5. The lowest BCUT2D eigenvalue weighted by Gasteiger charge is -2.22. The van der Waals surface area contributed by atoms with E-state index in [1.54, 1.807) is 12.0 Å². The predicted octanol–water partition coefficient (Wildman–Crippen LogP) is -1.07. The van der Waals surface area contributed by atoms with E-state index in [2.05, 4.69) is 5.32 Å². The molecule has 0 aromatic heterocycles. The van der Waals surface area contributed by atoms with Gasteiger partial charge in [0.2, 0.25) is 0 Å². The van der Waals surface area contributed by atoms with Gasteiger partial charge in [-0.3, -0.25) is 0 Å². The van der Waals surface area contributed by atoms with Crippen LogP contribution in [0.25, 0.3) is 0 Å². The predicted molar refractivity (Wildman–Crippen MR) is 70.3 cm³/mol. The van der Waals surface area contributed by atoms with Gasteiger partial charge in [-0.25, -0.2) is 0 Å². The number of benzene rings is 1. The zero-order valence-electron chi connectivity index (χ0n) is 11.2. The summed E-state index contributed by atoms with van der Waals surface area (Å²) in [6, 6.07) is 7.80. The molecule has 0 spiro atoms. The molecule has 4 heteroatoms. The van der Waals surface area contributed by atoms with Gasteiger partial charge in [0.25, 0.3) is 0 Å². The Hall–Kier alpha value is -1.26. The second kappa shape index (κ2) is 7.24. The molecule has 1 aromatic rings. The van der Waals surface area contributed by atoms with Gasteiger partial charge in [-0.2, -0.15) is 0 Å². The Balaban J connectivity index is 1.65. The highest BCUT2D eigenvalue weighted by Crippen LogP contribution is 2.18. The fraction of sp³-hybridized carbons (Fsp3) is 0.571. The fourth-order valence-corrected chi connectivity index (χ4v) is 2.33. The molecule has 0 saturated carbocycles. The van der Waals surface area contributed by atoms with Crippen LogP contribution in [-0.2, 0) is 0 Å². The van der Waals surface area contributed by atoms with E-state index in [0.717, 1.165) is 24.5 Å². The van der Waals surface area contributed by atoms with Crippen molar-refractivity contribution in [3.05, 3.63) is 24.3 Å². The van der Waals surface area contributed by atoms with Gasteiger partial charge in [-0.15, -0.1) is 0 Å². The third-order valence-electron chi connectivity index (χ3n) is 3.39. The van der Waals surface area contributed by atoms with Gasteiger partial charge >= 0.3 is 0 Å². The molecule has 0 unspecified atom stereocenters. The van der Waals surface area contributed by atoms with Crippen LogP contribution in [0.2, 0.25) is 0 Å². The summed E-state index contributed by atoms with van der Waals surface area (Å²) in [6.45, 7) is 7.13. The molecule has 1 aromatic carbocycles. The van der Waals surface area contributed by atoms with Gasteiger partial charge in [0, 0.05) is 12.5 Å². The molecule has 2 rings (SSSR count). The van der Waals surface area contributed by atoms with Gasteiger partial charge in [-0.05, 0) is 12.1 Å². The first kappa shape index (κ1) is 13.2. The largest absolute Gasteiger partial charge is 0.497 e. The Morgan fingerprint density at radius 2 is 2.00 bits per heavy atom. The maximum absolute atomic E-state index is 5.74. The highest BCUT2D eigenvalue weighted by atomic mass is 16.5. The van der Waals surface area contributed by atoms with Crippen LogP contribution in [0.5, 0.6) is 11.5 Å². The summed E-state index contributed by atoms with van der Waals surface area (Å²) in [4.78, 5) is 1.71. The number of piperazine rings is 1. The third kappa shape index (κ3) is 4.20. The molecule has 0 bridgehead atoms. The topological polar surface area (TPSA) is 39.5 Å². The number of methoxy groups -OCH3 is 1. The Bertz CT molecular complexity index is 351. The van der Waals surface area contributed by atoms with Crippen LogP contribution < -0.4 is 19.7 Å². The van der Waals surface area contributed by atoms with E-state index in [1.807, 2.05) is 24.3 Å². The summed E-state index contributed by atoms with van der Waals surface area (Å²) in [6.07, 6.45) is 1.12. The Labute approximate surface area is 109 Å². The number of hydrogen-bond acceptors (Lipinski definition) is 2. The monoisotopic (exact) mass is 252 g/mol. The van der Waals surface area contributed by atoms with E-state index in [0.29, 0.717) is 0 Å². The van der Waals surface area contributed by atoms with Gasteiger partial charge < -0.3 is 19.7 Å². The van der Waals surface area contributed by atoms with Crippen LogP contribution in [0, 0.1) is 0 Å². The smallest absolute Gasteiger partial charge is 0.127 e. The highest BCUT2D eigenvalue weighted by molar-refractivity contribution is 5.32. The molecule has 100 valence electrons. The average molecular weight is 252 g/mol. The minimum Gasteiger partial charge on any atom is -0.497 e. The second-order valence-electron chi connectivity index (χ2n) is 4.75. The van der Waals surface area contributed by atoms with E-state index >= 15 is 0 Å². The number of quaternary nitrogens is 2. The zero-order chi connectivity index (χ0) is 12.6. The van der Waals surface area contributed by atoms with Crippen molar-refractivity contribution in [2.45, 2.75) is 6.42 Å². The van der Waals surface area contributed by atoms with Crippen molar-refractivity contribution in [3.8, 4) is 11.5 Å². The molecule has 1 heterocycles. The molecule has 0 atom stereocenters. The Morgan fingerprint density at radius 3 is 2.78 bits per heavy atom. The fourth-order valence-electron chi connectivity index (χ4n) is 2.33. The van der Waals surface area contributed by atoms with E-state index in [9.17, 15) is 0 Å². The maximum atomic E-state index is 5.74. The van der Waals surface area contributed by atoms with Crippen LogP contribution >= 0.6 is 0 Å². The summed E-state index contributed by atoms with van der Waals surface area (Å²) in [5.74, 6) is 1.75. The molecular weight excluding hydrogens is 228 g/mol. The van der Waals surface area contributed by atoms with Crippen LogP contribution in [0.3, 0.4) is 0 Å². The summed E-state index contributed by atoms with van der Waals surface area (Å²) in [5, 5.41) is 2.40. The number of rotatable bonds is 6. The SMILES string of the molecule is COc1cccc(OCCC[NH+]2CC[NH2+]CC2)c1. The van der Waals surface area contributed by atoms with Crippen LogP contribution in [0.1, 0.15) is 6.42 Å². The number of nitrogens with two attached hydrogens (primary N) is 1. The van der Waals surface area contributed by atoms with Gasteiger partial charge in [0.05, 0.1) is 20.3 Å². The van der Waals surface area contributed by atoms with Gasteiger partial charge in [-0.1, -0.05) is 6.07 Å². The van der Waals surface area contributed by atoms with E-state index < -0.39 is 0 Å². The summed E-state index contributed by atoms with van der Waals surface area (Å²) < 4.78 is 10.9. The lowest BCUT2D eigenvalue weighted by atomic mass is 10.3. The van der Waals surface area contributed by atoms with Crippen molar-refractivity contribution in [3.63, 3.8) is 0 Å². The van der Waals surface area contributed by atoms with E-state index in [4.69, 9.17) is 9.47 Å². The highest BCUT2D eigenvalue weighted by Gasteiger charge is 2.14. The molecule has 4 nitrogen and oxygen atoms in total. The first-order valence-electron chi connectivity index (χ1n) is 6.80. The lowest BCUT2D eigenvalue weighted by molar-refractivity contribution is -0.946. The van der Waals surface area contributed by atoms with Crippen LogP contribution in [-0.4, -0.2) is 46.4 Å². The van der Waals surface area contributed by atoms with Crippen molar-refractivity contribution >= 4 is 0 Å². The minimum atomic E-state index is 0.792. The van der Waals surface area contributed by atoms with Crippen molar-refractivity contribution in [1.82, 2.24) is 0 Å². The summed E-state index contributed by atoms with van der Waals surface area (Å²) in [5.41, 5.74) is 0. The van der Waals surface area contributed by atoms with Crippen LogP contribution in [0.15, 0.2) is 24.3 Å². The zero-order valence-corrected chi connectivity index (χ0v) is 11.2. The minimum absolute atomic E-state index is 0.792. The molecule has 0 aliphatic carbocycles. The second-order valence-corrected chi connectivity index (χ2v) is 4.75. The molecule has 18 heavy (non-hydrogen) atoms.